The molecule has 0 radical (unpaired) electrons. The maximum atomic E-state index is 13.5. The number of hydrogen-bond acceptors (Lipinski definition) is 3. The highest BCUT2D eigenvalue weighted by Crippen LogP contribution is 2.25. The fourth-order valence-corrected chi connectivity index (χ4v) is 2.19. The van der Waals surface area contributed by atoms with Gasteiger partial charge in [0, 0.05) is 19.0 Å². The third-order valence-corrected chi connectivity index (χ3v) is 3.44. The molecular weight excluding hydrogens is 330 g/mol. The van der Waals surface area contributed by atoms with Crippen LogP contribution in [0.4, 0.5) is 14.5 Å². The van der Waals surface area contributed by atoms with Crippen LogP contribution in [0.3, 0.4) is 0 Å². The molecule has 2 rings (SSSR count). The Kier molecular flexibility index (Phi) is 6.05. The molecule has 2 aromatic carbocycles. The number of carbonyl (C=O) groups is 2. The predicted molar refractivity (Wildman–Crippen MR) is 89.7 cm³/mol. The van der Waals surface area contributed by atoms with Crippen LogP contribution in [0.2, 0.25) is 0 Å². The second kappa shape index (κ2) is 8.23. The van der Waals surface area contributed by atoms with Gasteiger partial charge in [-0.3, -0.25) is 9.59 Å². The van der Waals surface area contributed by atoms with Crippen LogP contribution >= 0.6 is 0 Å². The van der Waals surface area contributed by atoms with E-state index in [4.69, 9.17) is 4.74 Å². The lowest BCUT2D eigenvalue weighted by Crippen LogP contribution is -2.28. The fourth-order valence-electron chi connectivity index (χ4n) is 2.19. The molecule has 0 unspecified atom stereocenters. The van der Waals surface area contributed by atoms with Gasteiger partial charge in [-0.05, 0) is 36.8 Å². The number of halogens is 2. The van der Waals surface area contributed by atoms with E-state index in [0.29, 0.717) is 17.5 Å². The van der Waals surface area contributed by atoms with Crippen LogP contribution in [0.15, 0.2) is 36.4 Å². The minimum absolute atomic E-state index is 0.00828. The van der Waals surface area contributed by atoms with E-state index >= 15 is 0 Å². The second-order valence-corrected chi connectivity index (χ2v) is 5.38. The highest BCUT2D eigenvalue weighted by atomic mass is 19.1. The van der Waals surface area contributed by atoms with Gasteiger partial charge in [0.05, 0.1) is 18.4 Å². The molecule has 0 fully saturated rings. The number of ether oxygens (including phenoxy) is 1. The van der Waals surface area contributed by atoms with Crippen molar-refractivity contribution in [3.05, 3.63) is 59.2 Å². The van der Waals surface area contributed by atoms with E-state index in [-0.39, 0.29) is 24.4 Å². The van der Waals surface area contributed by atoms with E-state index < -0.39 is 17.5 Å². The Balaban J connectivity index is 1.88. The minimum Gasteiger partial charge on any atom is -0.495 e. The number of nitrogens with one attached hydrogen (secondary N) is 2. The molecule has 0 saturated heterocycles. The van der Waals surface area contributed by atoms with Gasteiger partial charge >= 0.3 is 0 Å². The van der Waals surface area contributed by atoms with E-state index in [0.717, 1.165) is 17.7 Å². The van der Waals surface area contributed by atoms with Crippen molar-refractivity contribution in [2.45, 2.75) is 13.3 Å². The number of carbonyl (C=O) groups excluding carboxylic acids is 2. The molecule has 2 amide bonds. The summed E-state index contributed by atoms with van der Waals surface area (Å²) in [5.41, 5.74) is 1.21. The molecule has 0 aromatic heterocycles. The average Bonchev–Trinajstić information content (AvgIpc) is 2.54. The van der Waals surface area contributed by atoms with Crippen molar-refractivity contribution in [2.75, 3.05) is 19.0 Å². The third kappa shape index (κ3) is 5.00. The molecule has 0 spiro atoms. The van der Waals surface area contributed by atoms with Crippen molar-refractivity contribution in [2.24, 2.45) is 0 Å². The van der Waals surface area contributed by atoms with Crippen LogP contribution in [-0.4, -0.2) is 25.5 Å². The molecule has 132 valence electrons. The molecule has 2 aromatic rings. The summed E-state index contributed by atoms with van der Waals surface area (Å²) in [5, 5.41) is 5.12. The normalized spacial score (nSPS) is 10.2. The van der Waals surface area contributed by atoms with Gasteiger partial charge in [-0.1, -0.05) is 6.07 Å². The van der Waals surface area contributed by atoms with Crippen LogP contribution in [0.1, 0.15) is 22.3 Å². The number of anilines is 1. The smallest absolute Gasteiger partial charge is 0.254 e. The molecule has 5 nitrogen and oxygen atoms in total. The molecule has 25 heavy (non-hydrogen) atoms. The summed E-state index contributed by atoms with van der Waals surface area (Å²) in [4.78, 5) is 23.8. The van der Waals surface area contributed by atoms with Crippen LogP contribution < -0.4 is 15.4 Å². The zero-order valence-corrected chi connectivity index (χ0v) is 13.9. The molecule has 0 heterocycles. The average molecular weight is 348 g/mol. The fraction of sp³-hybridized carbons (Fsp3) is 0.222. The topological polar surface area (TPSA) is 67.4 Å². The Morgan fingerprint density at radius 1 is 1.12 bits per heavy atom. The summed E-state index contributed by atoms with van der Waals surface area (Å²) in [5.74, 6) is -2.23. The van der Waals surface area contributed by atoms with Gasteiger partial charge in [-0.15, -0.1) is 0 Å². The number of methoxy groups -OCH3 is 1. The number of rotatable bonds is 6. The maximum Gasteiger partial charge on any atom is 0.254 e. The van der Waals surface area contributed by atoms with E-state index in [1.807, 2.05) is 13.0 Å². The van der Waals surface area contributed by atoms with Crippen LogP contribution in [-0.2, 0) is 4.79 Å². The van der Waals surface area contributed by atoms with E-state index in [2.05, 4.69) is 10.6 Å². The molecule has 2 N–H and O–H groups in total. The van der Waals surface area contributed by atoms with Crippen LogP contribution in [0.5, 0.6) is 5.75 Å². The van der Waals surface area contributed by atoms with E-state index in [1.165, 1.54) is 7.11 Å². The van der Waals surface area contributed by atoms with Crippen molar-refractivity contribution < 1.29 is 23.1 Å². The molecular formula is C18H18F2N2O3. The summed E-state index contributed by atoms with van der Waals surface area (Å²) in [6.07, 6.45) is -0.00828. The van der Waals surface area contributed by atoms with Gasteiger partial charge in [-0.2, -0.15) is 0 Å². The molecule has 0 aliphatic rings. The maximum absolute atomic E-state index is 13.5. The first kappa shape index (κ1) is 18.4. The molecule has 0 aliphatic carbocycles. The first-order valence-corrected chi connectivity index (χ1v) is 7.58. The second-order valence-electron chi connectivity index (χ2n) is 5.38. The molecule has 0 bridgehead atoms. The molecule has 0 aliphatic heterocycles. The molecule has 0 atom stereocenters. The minimum atomic E-state index is -0.952. The molecule has 0 saturated carbocycles. The van der Waals surface area contributed by atoms with Crippen molar-refractivity contribution in [1.82, 2.24) is 5.32 Å². The van der Waals surface area contributed by atoms with E-state index in [9.17, 15) is 18.4 Å². The van der Waals surface area contributed by atoms with Crippen LogP contribution in [0.25, 0.3) is 0 Å². The Hall–Kier alpha value is -2.96. The van der Waals surface area contributed by atoms with Gasteiger partial charge in [0.2, 0.25) is 5.91 Å². The zero-order valence-electron chi connectivity index (χ0n) is 13.9. The first-order valence-electron chi connectivity index (χ1n) is 7.58. The SMILES string of the molecule is COc1ccc(C)cc1NC(=O)CCNC(=O)c1ccc(F)cc1F. The number of aryl methyl sites for hydroxylation is 1. The van der Waals surface area contributed by atoms with E-state index in [1.54, 1.807) is 12.1 Å². The monoisotopic (exact) mass is 348 g/mol. The third-order valence-electron chi connectivity index (χ3n) is 3.44. The summed E-state index contributed by atoms with van der Waals surface area (Å²) < 4.78 is 31.5. The van der Waals surface area contributed by atoms with Crippen LogP contribution in [0, 0.1) is 18.6 Å². The summed E-state index contributed by atoms with van der Waals surface area (Å²) >= 11 is 0. The lowest BCUT2D eigenvalue weighted by molar-refractivity contribution is -0.116. The zero-order chi connectivity index (χ0) is 18.4. The van der Waals surface area contributed by atoms with Gasteiger partial charge < -0.3 is 15.4 Å². The van der Waals surface area contributed by atoms with Gasteiger partial charge in [0.15, 0.2) is 0 Å². The predicted octanol–water partition coefficient (Wildman–Crippen LogP) is 3.04. The van der Waals surface area contributed by atoms with Gasteiger partial charge in [0.25, 0.3) is 5.91 Å². The van der Waals surface area contributed by atoms with Crippen molar-refractivity contribution in [3.8, 4) is 5.75 Å². The Bertz CT molecular complexity index is 794. The Morgan fingerprint density at radius 2 is 1.88 bits per heavy atom. The van der Waals surface area contributed by atoms with Crippen molar-refractivity contribution >= 4 is 17.5 Å². The Morgan fingerprint density at radius 3 is 2.56 bits per heavy atom. The molecule has 7 heteroatoms. The highest BCUT2D eigenvalue weighted by Gasteiger charge is 2.13. The quantitative estimate of drug-likeness (QED) is 0.843. The number of benzene rings is 2. The number of hydrogen-bond donors (Lipinski definition) is 2. The highest BCUT2D eigenvalue weighted by molar-refractivity contribution is 5.95. The lowest BCUT2D eigenvalue weighted by Gasteiger charge is -2.11. The van der Waals surface area contributed by atoms with Crippen molar-refractivity contribution in [1.29, 1.82) is 0 Å². The largest absolute Gasteiger partial charge is 0.495 e. The van der Waals surface area contributed by atoms with Crippen molar-refractivity contribution in [3.63, 3.8) is 0 Å². The number of amides is 2. The summed E-state index contributed by atoms with van der Waals surface area (Å²) in [6.45, 7) is 1.89. The van der Waals surface area contributed by atoms with Gasteiger partial charge in [-0.25, -0.2) is 8.78 Å². The van der Waals surface area contributed by atoms with Gasteiger partial charge in [0.1, 0.15) is 17.4 Å². The first-order chi connectivity index (χ1) is 11.9. The Labute approximate surface area is 144 Å². The lowest BCUT2D eigenvalue weighted by atomic mass is 10.2. The summed E-state index contributed by atoms with van der Waals surface area (Å²) in [6, 6.07) is 8.04. The standard InChI is InChI=1S/C18H18F2N2O3/c1-11-3-6-16(25-2)15(9-11)22-17(23)7-8-21-18(24)13-5-4-12(19)10-14(13)20/h3-6,9-10H,7-8H2,1-2H3,(H,21,24)(H,22,23). The summed E-state index contributed by atoms with van der Waals surface area (Å²) in [7, 11) is 1.50.